The van der Waals surface area contributed by atoms with Crippen LogP contribution in [0.2, 0.25) is 0 Å². The highest BCUT2D eigenvalue weighted by Gasteiger charge is 2.14. The summed E-state index contributed by atoms with van der Waals surface area (Å²) in [5.74, 6) is 0.229. The molecular weight excluding hydrogens is 566 g/mol. The average Bonchev–Trinajstić information content (AvgIpc) is 2.79. The number of anilines is 1. The van der Waals surface area contributed by atoms with Gasteiger partial charge in [-0.3, -0.25) is 9.59 Å². The maximum absolute atomic E-state index is 12.3. The topological polar surface area (TPSA) is 89.0 Å². The molecule has 0 aliphatic heterocycles. The van der Waals surface area contributed by atoms with Crippen molar-refractivity contribution in [3.05, 3.63) is 86.3 Å². The second kappa shape index (κ2) is 12.3. The lowest BCUT2D eigenvalue weighted by Gasteiger charge is -2.14. The molecule has 3 rings (SSSR count). The molecule has 176 valence electrons. The van der Waals surface area contributed by atoms with Gasteiger partial charge in [0.1, 0.15) is 0 Å². The molecule has 0 aromatic heterocycles. The minimum absolute atomic E-state index is 0.191. The Labute approximate surface area is 214 Å². The highest BCUT2D eigenvalue weighted by atomic mass is 79.9. The first kappa shape index (κ1) is 25.5. The van der Waals surface area contributed by atoms with Crippen molar-refractivity contribution in [2.75, 3.05) is 18.5 Å². The van der Waals surface area contributed by atoms with E-state index in [-0.39, 0.29) is 18.4 Å². The fourth-order valence-corrected chi connectivity index (χ4v) is 3.79. The number of carbonyl (C=O) groups excluding carboxylic acids is 2. The van der Waals surface area contributed by atoms with Gasteiger partial charge in [-0.25, -0.2) is 5.43 Å². The van der Waals surface area contributed by atoms with Gasteiger partial charge in [0.05, 0.1) is 17.3 Å². The molecule has 2 amide bonds. The van der Waals surface area contributed by atoms with Gasteiger partial charge in [0.15, 0.2) is 18.1 Å². The van der Waals surface area contributed by atoms with E-state index in [1.54, 1.807) is 36.4 Å². The van der Waals surface area contributed by atoms with E-state index in [0.717, 1.165) is 10.0 Å². The van der Waals surface area contributed by atoms with Crippen LogP contribution in [0.15, 0.2) is 74.7 Å². The maximum Gasteiger partial charge on any atom is 0.271 e. The molecule has 0 atom stereocenters. The van der Waals surface area contributed by atoms with E-state index < -0.39 is 0 Å². The number of ether oxygens (including phenoxy) is 2. The van der Waals surface area contributed by atoms with E-state index in [2.05, 4.69) is 47.7 Å². The fourth-order valence-electron chi connectivity index (χ4n) is 2.95. The van der Waals surface area contributed by atoms with Crippen molar-refractivity contribution in [3.63, 3.8) is 0 Å². The molecule has 0 aliphatic rings. The molecule has 3 aromatic rings. The second-order valence-corrected chi connectivity index (χ2v) is 8.95. The molecule has 0 saturated carbocycles. The highest BCUT2D eigenvalue weighted by molar-refractivity contribution is 9.10. The van der Waals surface area contributed by atoms with E-state index in [9.17, 15) is 9.59 Å². The first-order valence-electron chi connectivity index (χ1n) is 10.4. The Morgan fingerprint density at radius 3 is 2.50 bits per heavy atom. The van der Waals surface area contributed by atoms with Crippen LogP contribution in [0.25, 0.3) is 0 Å². The third-order valence-corrected chi connectivity index (χ3v) is 5.58. The molecule has 0 aliphatic carbocycles. The van der Waals surface area contributed by atoms with Crippen molar-refractivity contribution in [1.82, 2.24) is 5.43 Å². The van der Waals surface area contributed by atoms with Crippen LogP contribution < -0.4 is 20.2 Å². The Kier molecular flexibility index (Phi) is 9.24. The van der Waals surface area contributed by atoms with Crippen LogP contribution in [0.4, 0.5) is 5.69 Å². The number of hydrazone groups is 1. The highest BCUT2D eigenvalue weighted by Crippen LogP contribution is 2.36. The van der Waals surface area contributed by atoms with Crippen LogP contribution in [-0.2, 0) is 4.79 Å². The summed E-state index contributed by atoms with van der Waals surface area (Å²) in [6.07, 6.45) is 1.50. The zero-order valence-corrected chi connectivity index (χ0v) is 21.8. The lowest BCUT2D eigenvalue weighted by atomic mass is 10.2. The van der Waals surface area contributed by atoms with Crippen molar-refractivity contribution in [3.8, 4) is 11.5 Å². The Hall–Kier alpha value is -3.17. The summed E-state index contributed by atoms with van der Waals surface area (Å²) in [5.41, 5.74) is 5.40. The van der Waals surface area contributed by atoms with Gasteiger partial charge in [0.25, 0.3) is 11.8 Å². The fraction of sp³-hybridized carbons (Fsp3) is 0.160. The van der Waals surface area contributed by atoms with E-state index in [0.29, 0.717) is 39.4 Å². The molecule has 0 spiro atoms. The molecule has 0 unspecified atom stereocenters. The van der Waals surface area contributed by atoms with Crippen molar-refractivity contribution in [2.24, 2.45) is 5.10 Å². The van der Waals surface area contributed by atoms with E-state index >= 15 is 0 Å². The molecule has 9 heteroatoms. The van der Waals surface area contributed by atoms with Crippen LogP contribution in [-0.4, -0.2) is 31.2 Å². The largest absolute Gasteiger partial charge is 0.490 e. The molecule has 3 aromatic carbocycles. The third kappa shape index (κ3) is 7.43. The van der Waals surface area contributed by atoms with Gasteiger partial charge in [0, 0.05) is 15.7 Å². The summed E-state index contributed by atoms with van der Waals surface area (Å²) in [5, 5.41) is 6.83. The van der Waals surface area contributed by atoms with Gasteiger partial charge in [0.2, 0.25) is 0 Å². The number of amides is 2. The molecule has 0 saturated heterocycles. The Bertz CT molecular complexity index is 1200. The lowest BCUT2D eigenvalue weighted by Crippen LogP contribution is -2.20. The second-order valence-electron chi connectivity index (χ2n) is 7.18. The number of nitrogens with one attached hydrogen (secondary N) is 2. The van der Waals surface area contributed by atoms with Crippen molar-refractivity contribution in [2.45, 2.75) is 13.8 Å². The van der Waals surface area contributed by atoms with Crippen LogP contribution >= 0.6 is 31.9 Å². The average molecular weight is 589 g/mol. The smallest absolute Gasteiger partial charge is 0.271 e. The number of rotatable bonds is 9. The van der Waals surface area contributed by atoms with Crippen molar-refractivity contribution in [1.29, 1.82) is 0 Å². The Balaban J connectivity index is 1.65. The molecule has 0 bridgehead atoms. The summed E-state index contributed by atoms with van der Waals surface area (Å²) in [7, 11) is 0. The molecule has 0 heterocycles. The minimum atomic E-state index is -0.326. The zero-order valence-electron chi connectivity index (χ0n) is 18.6. The van der Waals surface area contributed by atoms with Gasteiger partial charge in [-0.2, -0.15) is 5.10 Å². The molecule has 2 N–H and O–H groups in total. The quantitative estimate of drug-likeness (QED) is 0.248. The number of hydrogen-bond acceptors (Lipinski definition) is 5. The summed E-state index contributed by atoms with van der Waals surface area (Å²) in [4.78, 5) is 24.5. The van der Waals surface area contributed by atoms with Crippen LogP contribution in [0, 0.1) is 6.92 Å². The molecule has 7 nitrogen and oxygen atoms in total. The van der Waals surface area contributed by atoms with E-state index in [1.807, 2.05) is 38.1 Å². The van der Waals surface area contributed by atoms with Crippen LogP contribution in [0.3, 0.4) is 0 Å². The predicted octanol–water partition coefficient (Wildman–Crippen LogP) is 5.70. The Morgan fingerprint density at radius 1 is 1.03 bits per heavy atom. The minimum Gasteiger partial charge on any atom is -0.490 e. The third-order valence-electron chi connectivity index (χ3n) is 4.47. The first-order chi connectivity index (χ1) is 16.4. The number of nitrogens with zero attached hydrogens (tertiary/aromatic N) is 1. The lowest BCUT2D eigenvalue weighted by molar-refractivity contribution is -0.118. The Morgan fingerprint density at radius 2 is 1.79 bits per heavy atom. The first-order valence-corrected chi connectivity index (χ1v) is 12.0. The number of aryl methyl sites for hydroxylation is 1. The SMILES string of the molecule is CCOc1cc(/C=N/NC(=O)c2ccc(Br)cc2)cc(Br)c1OCC(=O)Nc1cccc(C)c1. The molecule has 0 fully saturated rings. The normalized spacial score (nSPS) is 10.7. The van der Waals surface area contributed by atoms with Gasteiger partial charge in [-0.05, 0) is 89.4 Å². The molecule has 0 radical (unpaired) electrons. The summed E-state index contributed by atoms with van der Waals surface area (Å²) in [6.45, 7) is 4.01. The number of hydrogen-bond donors (Lipinski definition) is 2. The van der Waals surface area contributed by atoms with Crippen molar-refractivity contribution >= 4 is 55.6 Å². The summed E-state index contributed by atoms with van der Waals surface area (Å²) < 4.78 is 12.9. The summed E-state index contributed by atoms with van der Waals surface area (Å²) in [6, 6.07) is 17.9. The number of benzene rings is 3. The van der Waals surface area contributed by atoms with Crippen LogP contribution in [0.1, 0.15) is 28.4 Å². The van der Waals surface area contributed by atoms with Gasteiger partial charge in [-0.1, -0.05) is 28.1 Å². The molecular formula is C25H23Br2N3O4. The van der Waals surface area contributed by atoms with Crippen LogP contribution in [0.5, 0.6) is 11.5 Å². The van der Waals surface area contributed by atoms with Gasteiger partial charge >= 0.3 is 0 Å². The van der Waals surface area contributed by atoms with E-state index in [1.165, 1.54) is 6.21 Å². The van der Waals surface area contributed by atoms with Gasteiger partial charge < -0.3 is 14.8 Å². The standard InChI is InChI=1S/C25H23Br2N3O4/c1-3-33-22-13-17(14-28-30-25(32)18-7-9-19(26)10-8-18)12-21(27)24(22)34-15-23(31)29-20-6-4-5-16(2)11-20/h4-14H,3,15H2,1-2H3,(H,29,31)(H,30,32)/b28-14+. The predicted molar refractivity (Wildman–Crippen MR) is 140 cm³/mol. The van der Waals surface area contributed by atoms with Gasteiger partial charge in [-0.15, -0.1) is 0 Å². The van der Waals surface area contributed by atoms with E-state index in [4.69, 9.17) is 9.47 Å². The van der Waals surface area contributed by atoms with Crippen molar-refractivity contribution < 1.29 is 19.1 Å². The number of carbonyl (C=O) groups is 2. The zero-order chi connectivity index (χ0) is 24.5. The maximum atomic E-state index is 12.3. The molecule has 34 heavy (non-hydrogen) atoms. The number of halogens is 2. The monoisotopic (exact) mass is 587 g/mol. The summed E-state index contributed by atoms with van der Waals surface area (Å²) >= 11 is 6.80.